The van der Waals surface area contributed by atoms with E-state index in [1.165, 1.54) is 0 Å². The number of aromatic nitrogens is 2. The van der Waals surface area contributed by atoms with Gasteiger partial charge in [0, 0.05) is 21.2 Å². The molecule has 0 aliphatic rings. The number of hydrogen-bond acceptors (Lipinski definition) is 2. The lowest BCUT2D eigenvalue weighted by molar-refractivity contribution is 1.01. The van der Waals surface area contributed by atoms with Gasteiger partial charge < -0.3 is 0 Å². The van der Waals surface area contributed by atoms with E-state index in [0.717, 1.165) is 16.4 Å². The summed E-state index contributed by atoms with van der Waals surface area (Å²) in [5.41, 5.74) is 1.67. The summed E-state index contributed by atoms with van der Waals surface area (Å²) >= 11 is 6.08. The maximum absolute atomic E-state index is 12.7. The Balaban J connectivity index is 2.51. The Morgan fingerprint density at radius 1 is 0.900 bits per heavy atom. The number of benzene rings is 2. The zero-order chi connectivity index (χ0) is 13.7. The quantitative estimate of drug-likeness (QED) is 0.493. The molecule has 2 aromatic carbocycles. The third-order valence-electron chi connectivity index (χ3n) is 3.52. The second-order valence-corrected chi connectivity index (χ2v) is 5.10. The van der Waals surface area contributed by atoms with Crippen LogP contribution in [0, 0.1) is 0 Å². The number of nitrogens with zero attached hydrogens (tertiary/aromatic N) is 2. The smallest absolute Gasteiger partial charge is 0.195 e. The van der Waals surface area contributed by atoms with Crippen molar-refractivity contribution in [3.8, 4) is 0 Å². The molecule has 0 atom stereocenters. The molecule has 0 radical (unpaired) electrons. The van der Waals surface area contributed by atoms with E-state index in [1.807, 2.05) is 36.4 Å². The molecule has 20 heavy (non-hydrogen) atoms. The van der Waals surface area contributed by atoms with E-state index < -0.39 is 0 Å². The van der Waals surface area contributed by atoms with Gasteiger partial charge in [-0.15, -0.1) is 0 Å². The fourth-order valence-electron chi connectivity index (χ4n) is 2.62. The van der Waals surface area contributed by atoms with E-state index in [1.54, 1.807) is 22.8 Å². The van der Waals surface area contributed by atoms with Crippen molar-refractivity contribution in [1.29, 1.82) is 0 Å². The molecule has 2 aromatic heterocycles. The van der Waals surface area contributed by atoms with Crippen LogP contribution in [0.4, 0.5) is 0 Å². The van der Waals surface area contributed by atoms with Crippen LogP contribution in [0.3, 0.4) is 0 Å². The maximum Gasteiger partial charge on any atom is 0.195 e. The standard InChI is InChI=1S/C16H9ClN2O/c17-10-5-6-11-13(9-10)15-7-8-18-19(15)14-4-2-1-3-12(14)16(11)20/h1-9H. The molecule has 0 bridgehead atoms. The summed E-state index contributed by atoms with van der Waals surface area (Å²) in [6, 6.07) is 14.7. The Kier molecular flexibility index (Phi) is 2.32. The molecule has 2 heterocycles. The van der Waals surface area contributed by atoms with Crippen LogP contribution in [0.25, 0.3) is 27.2 Å². The minimum atomic E-state index is -0.00207. The minimum absolute atomic E-state index is 0.00207. The average molecular weight is 281 g/mol. The number of halogens is 1. The van der Waals surface area contributed by atoms with Crippen molar-refractivity contribution in [1.82, 2.24) is 9.61 Å². The van der Waals surface area contributed by atoms with Crippen LogP contribution in [0.1, 0.15) is 0 Å². The molecule has 0 N–H and O–H groups in total. The molecular weight excluding hydrogens is 272 g/mol. The molecule has 0 unspecified atom stereocenters. The second-order valence-electron chi connectivity index (χ2n) is 4.66. The second kappa shape index (κ2) is 4.05. The molecule has 4 heteroatoms. The molecule has 4 rings (SSSR count). The number of para-hydroxylation sites is 1. The van der Waals surface area contributed by atoms with Gasteiger partial charge in [-0.25, -0.2) is 4.52 Å². The van der Waals surface area contributed by atoms with Crippen LogP contribution in [-0.2, 0) is 0 Å². The van der Waals surface area contributed by atoms with E-state index in [4.69, 9.17) is 11.6 Å². The van der Waals surface area contributed by atoms with Gasteiger partial charge in [0.1, 0.15) is 0 Å². The predicted molar refractivity (Wildman–Crippen MR) is 81.5 cm³/mol. The molecule has 0 saturated heterocycles. The Morgan fingerprint density at radius 2 is 1.70 bits per heavy atom. The Labute approximate surface area is 119 Å². The van der Waals surface area contributed by atoms with Gasteiger partial charge in [0.05, 0.1) is 17.2 Å². The lowest BCUT2D eigenvalue weighted by Gasteiger charge is -1.95. The van der Waals surface area contributed by atoms with Crippen LogP contribution < -0.4 is 5.43 Å². The van der Waals surface area contributed by atoms with Crippen LogP contribution in [0.5, 0.6) is 0 Å². The third-order valence-corrected chi connectivity index (χ3v) is 3.76. The van der Waals surface area contributed by atoms with Crippen molar-refractivity contribution >= 4 is 38.8 Å². The summed E-state index contributed by atoms with van der Waals surface area (Å²) in [5.74, 6) is 0. The zero-order valence-electron chi connectivity index (χ0n) is 10.4. The first-order valence-corrected chi connectivity index (χ1v) is 6.61. The molecule has 0 amide bonds. The van der Waals surface area contributed by atoms with Crippen molar-refractivity contribution in [3.05, 3.63) is 70.0 Å². The number of hydrogen-bond donors (Lipinski definition) is 0. The van der Waals surface area contributed by atoms with Gasteiger partial charge >= 0.3 is 0 Å². The molecule has 96 valence electrons. The van der Waals surface area contributed by atoms with Gasteiger partial charge in [0.15, 0.2) is 5.43 Å². The largest absolute Gasteiger partial charge is 0.289 e. The van der Waals surface area contributed by atoms with E-state index in [-0.39, 0.29) is 5.43 Å². The zero-order valence-corrected chi connectivity index (χ0v) is 11.1. The van der Waals surface area contributed by atoms with Gasteiger partial charge in [-0.3, -0.25) is 4.79 Å². The van der Waals surface area contributed by atoms with Gasteiger partial charge in [-0.2, -0.15) is 5.10 Å². The molecule has 3 nitrogen and oxygen atoms in total. The lowest BCUT2D eigenvalue weighted by atomic mass is 10.1. The van der Waals surface area contributed by atoms with Gasteiger partial charge in [-0.05, 0) is 36.4 Å². The third kappa shape index (κ3) is 1.47. The summed E-state index contributed by atoms with van der Waals surface area (Å²) in [6.45, 7) is 0. The monoisotopic (exact) mass is 280 g/mol. The Bertz CT molecular complexity index is 1040. The van der Waals surface area contributed by atoms with E-state index in [9.17, 15) is 4.79 Å². The minimum Gasteiger partial charge on any atom is -0.289 e. The first kappa shape index (κ1) is 11.4. The van der Waals surface area contributed by atoms with Gasteiger partial charge in [0.2, 0.25) is 0 Å². The highest BCUT2D eigenvalue weighted by Gasteiger charge is 2.09. The highest BCUT2D eigenvalue weighted by Crippen LogP contribution is 2.23. The lowest BCUT2D eigenvalue weighted by Crippen LogP contribution is -1.98. The van der Waals surface area contributed by atoms with Gasteiger partial charge in [0.25, 0.3) is 0 Å². The molecule has 0 aliphatic carbocycles. The number of rotatable bonds is 0. The topological polar surface area (TPSA) is 34.4 Å². The SMILES string of the molecule is O=c1c2ccc(Cl)cc2c2ccnn2c2ccccc12. The molecule has 0 fully saturated rings. The van der Waals surface area contributed by atoms with Crippen molar-refractivity contribution in [3.63, 3.8) is 0 Å². The van der Waals surface area contributed by atoms with Crippen LogP contribution in [0.15, 0.2) is 59.5 Å². The maximum atomic E-state index is 12.7. The Morgan fingerprint density at radius 3 is 2.60 bits per heavy atom. The van der Waals surface area contributed by atoms with E-state index in [2.05, 4.69) is 5.10 Å². The van der Waals surface area contributed by atoms with Crippen molar-refractivity contribution < 1.29 is 0 Å². The molecule has 0 saturated carbocycles. The number of fused-ring (bicyclic) bond motifs is 5. The fraction of sp³-hybridized carbons (Fsp3) is 0. The van der Waals surface area contributed by atoms with Gasteiger partial charge in [-0.1, -0.05) is 23.7 Å². The first-order chi connectivity index (χ1) is 9.75. The highest BCUT2D eigenvalue weighted by atomic mass is 35.5. The first-order valence-electron chi connectivity index (χ1n) is 6.24. The summed E-state index contributed by atoms with van der Waals surface area (Å²) in [4.78, 5) is 12.7. The summed E-state index contributed by atoms with van der Waals surface area (Å²) in [7, 11) is 0. The molecule has 0 spiro atoms. The normalized spacial score (nSPS) is 11.4. The summed E-state index contributed by atoms with van der Waals surface area (Å²) in [5, 5.41) is 7.07. The highest BCUT2D eigenvalue weighted by molar-refractivity contribution is 6.31. The summed E-state index contributed by atoms with van der Waals surface area (Å²) < 4.78 is 1.79. The molecular formula is C16H9ClN2O. The predicted octanol–water partition coefficient (Wildman–Crippen LogP) is 3.65. The van der Waals surface area contributed by atoms with Crippen molar-refractivity contribution in [2.24, 2.45) is 0 Å². The molecule has 4 aromatic rings. The van der Waals surface area contributed by atoms with Crippen molar-refractivity contribution in [2.75, 3.05) is 0 Å². The van der Waals surface area contributed by atoms with Crippen LogP contribution in [0.2, 0.25) is 5.02 Å². The fourth-order valence-corrected chi connectivity index (χ4v) is 2.79. The van der Waals surface area contributed by atoms with E-state index in [0.29, 0.717) is 15.8 Å². The van der Waals surface area contributed by atoms with Crippen LogP contribution >= 0.6 is 11.6 Å². The summed E-state index contributed by atoms with van der Waals surface area (Å²) in [6.07, 6.45) is 1.73. The molecule has 0 aliphatic heterocycles. The van der Waals surface area contributed by atoms with E-state index >= 15 is 0 Å². The average Bonchev–Trinajstić information content (AvgIpc) is 2.92. The Hall–Kier alpha value is -2.39. The van der Waals surface area contributed by atoms with Crippen LogP contribution in [-0.4, -0.2) is 9.61 Å². The van der Waals surface area contributed by atoms with Crippen molar-refractivity contribution in [2.45, 2.75) is 0 Å².